The van der Waals surface area contributed by atoms with Gasteiger partial charge >= 0.3 is 0 Å². The van der Waals surface area contributed by atoms with Crippen molar-refractivity contribution in [2.24, 2.45) is 11.8 Å². The van der Waals surface area contributed by atoms with Gasteiger partial charge in [-0.1, -0.05) is 31.4 Å². The molecule has 1 aliphatic heterocycles. The van der Waals surface area contributed by atoms with Gasteiger partial charge in [0.2, 0.25) is 5.95 Å². The number of aromatic nitrogens is 4. The first-order valence-corrected chi connectivity index (χ1v) is 12.2. The Hall–Kier alpha value is -2.72. The van der Waals surface area contributed by atoms with E-state index in [1.165, 1.54) is 25.7 Å². The fraction of sp³-hybridized carbons (Fsp3) is 0.520. The summed E-state index contributed by atoms with van der Waals surface area (Å²) in [6, 6.07) is 5.55. The van der Waals surface area contributed by atoms with Crippen LogP contribution in [0.25, 0.3) is 22.3 Å². The number of anilines is 1. The standard InChI is InChI=1S/C25H28ClFN6/c1-16-4-6-17(7-5-16)15-33-24-22(31-25(33)32-8-2-3-21(32)11-27)10-20(12-28)30-23(24)18-9-19(26)14-29-13-18/h9-10,13-14,16-17,21H,2-8,11,15H2,1H3/t16?,17?,21-/m0/s1. The number of hydrogen-bond acceptors (Lipinski definition) is 5. The van der Waals surface area contributed by atoms with Crippen molar-refractivity contribution in [1.29, 1.82) is 5.26 Å². The molecular formula is C25H28ClFN6. The molecule has 8 heteroatoms. The van der Waals surface area contributed by atoms with E-state index >= 15 is 0 Å². The highest BCUT2D eigenvalue weighted by Crippen LogP contribution is 2.37. The maximum absolute atomic E-state index is 13.9. The Morgan fingerprint density at radius 1 is 1.15 bits per heavy atom. The smallest absolute Gasteiger partial charge is 0.206 e. The summed E-state index contributed by atoms with van der Waals surface area (Å²) in [5.74, 6) is 2.09. The molecule has 1 atom stereocenters. The molecule has 2 aliphatic rings. The highest BCUT2D eigenvalue weighted by atomic mass is 35.5. The van der Waals surface area contributed by atoms with Gasteiger partial charge in [-0.05, 0) is 43.6 Å². The Morgan fingerprint density at radius 3 is 2.70 bits per heavy atom. The van der Waals surface area contributed by atoms with Crippen LogP contribution in [0.15, 0.2) is 24.5 Å². The lowest BCUT2D eigenvalue weighted by Crippen LogP contribution is -2.33. The highest BCUT2D eigenvalue weighted by molar-refractivity contribution is 6.30. The molecule has 0 N–H and O–H groups in total. The molecule has 3 aromatic heterocycles. The van der Waals surface area contributed by atoms with Gasteiger partial charge < -0.3 is 9.47 Å². The van der Waals surface area contributed by atoms with Crippen LogP contribution >= 0.6 is 11.6 Å². The third-order valence-electron chi connectivity index (χ3n) is 7.19. The molecular weight excluding hydrogens is 439 g/mol. The maximum atomic E-state index is 13.9. The molecule has 2 fully saturated rings. The van der Waals surface area contributed by atoms with E-state index in [2.05, 4.69) is 32.4 Å². The predicted octanol–water partition coefficient (Wildman–Crippen LogP) is 5.78. The number of alkyl halides is 1. The van der Waals surface area contributed by atoms with Crippen molar-refractivity contribution in [3.63, 3.8) is 0 Å². The molecule has 172 valence electrons. The van der Waals surface area contributed by atoms with E-state index in [0.717, 1.165) is 48.9 Å². The SMILES string of the molecule is CC1CCC(Cn2c(N3CCC[C@H]3CF)nc3cc(C#N)nc(-c4cncc(Cl)c4)c32)CC1. The van der Waals surface area contributed by atoms with Gasteiger partial charge in [-0.15, -0.1) is 0 Å². The number of halogens is 2. The molecule has 0 unspecified atom stereocenters. The monoisotopic (exact) mass is 466 g/mol. The summed E-state index contributed by atoms with van der Waals surface area (Å²) in [4.78, 5) is 16.0. The summed E-state index contributed by atoms with van der Waals surface area (Å²) in [6.45, 7) is 3.52. The van der Waals surface area contributed by atoms with Crippen LogP contribution in [0.5, 0.6) is 0 Å². The molecule has 0 amide bonds. The lowest BCUT2D eigenvalue weighted by atomic mass is 9.83. The van der Waals surface area contributed by atoms with Crippen LogP contribution in [0, 0.1) is 23.2 Å². The summed E-state index contributed by atoms with van der Waals surface area (Å²) in [5.41, 5.74) is 3.27. The van der Waals surface area contributed by atoms with Crippen LogP contribution in [0.2, 0.25) is 5.02 Å². The van der Waals surface area contributed by atoms with E-state index in [0.29, 0.717) is 27.8 Å². The van der Waals surface area contributed by atoms with E-state index in [9.17, 15) is 9.65 Å². The van der Waals surface area contributed by atoms with Gasteiger partial charge in [0.1, 0.15) is 18.4 Å². The minimum Gasteiger partial charge on any atom is -0.337 e. The zero-order valence-electron chi connectivity index (χ0n) is 18.8. The molecule has 6 nitrogen and oxygen atoms in total. The van der Waals surface area contributed by atoms with Crippen molar-refractivity contribution < 1.29 is 4.39 Å². The number of hydrogen-bond donors (Lipinski definition) is 0. The van der Waals surface area contributed by atoms with Crippen LogP contribution < -0.4 is 4.90 Å². The van der Waals surface area contributed by atoms with E-state index in [1.54, 1.807) is 18.5 Å². The Labute approximate surface area is 198 Å². The number of pyridine rings is 2. The average molecular weight is 467 g/mol. The van der Waals surface area contributed by atoms with Crippen molar-refractivity contribution in [1.82, 2.24) is 19.5 Å². The van der Waals surface area contributed by atoms with Crippen LogP contribution in [0.3, 0.4) is 0 Å². The lowest BCUT2D eigenvalue weighted by molar-refractivity contribution is 0.266. The normalized spacial score (nSPS) is 23.2. The fourth-order valence-electron chi connectivity index (χ4n) is 5.37. The van der Waals surface area contributed by atoms with Crippen molar-refractivity contribution in [2.75, 3.05) is 18.1 Å². The molecule has 1 saturated carbocycles. The second-order valence-electron chi connectivity index (χ2n) is 9.52. The zero-order chi connectivity index (χ0) is 22.9. The topological polar surface area (TPSA) is 70.6 Å². The Bertz CT molecular complexity index is 1190. The van der Waals surface area contributed by atoms with E-state index in [1.807, 2.05) is 6.07 Å². The van der Waals surface area contributed by atoms with Crippen molar-refractivity contribution in [2.45, 2.75) is 58.0 Å². The molecule has 1 saturated heterocycles. The van der Waals surface area contributed by atoms with Crippen LogP contribution in [0.1, 0.15) is 51.1 Å². The lowest BCUT2D eigenvalue weighted by Gasteiger charge is -2.29. The number of nitrogens with zero attached hydrogens (tertiary/aromatic N) is 6. The quantitative estimate of drug-likeness (QED) is 0.476. The van der Waals surface area contributed by atoms with Crippen LogP contribution in [-0.2, 0) is 6.54 Å². The first-order chi connectivity index (χ1) is 16.1. The van der Waals surface area contributed by atoms with Gasteiger partial charge in [0.15, 0.2) is 0 Å². The van der Waals surface area contributed by atoms with Gasteiger partial charge in [-0.3, -0.25) is 4.98 Å². The number of fused-ring (bicyclic) bond motifs is 1. The van der Waals surface area contributed by atoms with E-state index in [4.69, 9.17) is 16.6 Å². The van der Waals surface area contributed by atoms with Gasteiger partial charge in [0, 0.05) is 37.1 Å². The summed E-state index contributed by atoms with van der Waals surface area (Å²) < 4.78 is 16.1. The van der Waals surface area contributed by atoms with E-state index in [-0.39, 0.29) is 6.04 Å². The molecule has 3 aromatic rings. The van der Waals surface area contributed by atoms with Crippen LogP contribution in [0.4, 0.5) is 10.3 Å². The van der Waals surface area contributed by atoms with E-state index < -0.39 is 6.67 Å². The zero-order valence-corrected chi connectivity index (χ0v) is 19.6. The first-order valence-electron chi connectivity index (χ1n) is 11.8. The third kappa shape index (κ3) is 4.29. The van der Waals surface area contributed by atoms with Crippen LogP contribution in [-0.4, -0.2) is 38.8 Å². The Kier molecular flexibility index (Phi) is 6.20. The molecule has 33 heavy (non-hydrogen) atoms. The summed E-state index contributed by atoms with van der Waals surface area (Å²) in [6.07, 6.45) is 9.87. The van der Waals surface area contributed by atoms with Crippen molar-refractivity contribution in [3.05, 3.63) is 35.2 Å². The number of rotatable bonds is 5. The largest absolute Gasteiger partial charge is 0.337 e. The van der Waals surface area contributed by atoms with Gasteiger partial charge in [0.05, 0.1) is 27.8 Å². The molecule has 0 bridgehead atoms. The summed E-state index contributed by atoms with van der Waals surface area (Å²) in [7, 11) is 0. The van der Waals surface area contributed by atoms with Crippen molar-refractivity contribution in [3.8, 4) is 17.3 Å². The van der Waals surface area contributed by atoms with Crippen molar-refractivity contribution >= 4 is 28.6 Å². The Morgan fingerprint density at radius 2 is 1.97 bits per heavy atom. The highest BCUT2D eigenvalue weighted by Gasteiger charge is 2.31. The molecule has 1 aliphatic carbocycles. The average Bonchev–Trinajstić information content (AvgIpc) is 3.44. The second kappa shape index (κ2) is 9.26. The molecule has 5 rings (SSSR count). The minimum absolute atomic E-state index is 0.161. The first kappa shape index (κ1) is 22.1. The minimum atomic E-state index is -0.392. The third-order valence-corrected chi connectivity index (χ3v) is 7.39. The number of nitriles is 1. The fourth-order valence-corrected chi connectivity index (χ4v) is 5.54. The molecule has 0 spiro atoms. The maximum Gasteiger partial charge on any atom is 0.206 e. The van der Waals surface area contributed by atoms with Gasteiger partial charge in [-0.2, -0.15) is 5.26 Å². The second-order valence-corrected chi connectivity index (χ2v) is 9.96. The molecule has 0 aromatic carbocycles. The predicted molar refractivity (Wildman–Crippen MR) is 128 cm³/mol. The number of imidazole rings is 1. The summed E-state index contributed by atoms with van der Waals surface area (Å²) >= 11 is 6.25. The Balaban J connectivity index is 1.70. The summed E-state index contributed by atoms with van der Waals surface area (Å²) in [5, 5.41) is 10.1. The van der Waals surface area contributed by atoms with Gasteiger partial charge in [-0.25, -0.2) is 14.4 Å². The molecule has 0 radical (unpaired) electrons. The molecule has 4 heterocycles. The van der Waals surface area contributed by atoms with Gasteiger partial charge in [0.25, 0.3) is 0 Å².